The topological polar surface area (TPSA) is 45.5 Å². The number of furan rings is 1. The smallest absolute Gasteiger partial charge is 0.287 e. The van der Waals surface area contributed by atoms with Gasteiger partial charge < -0.3 is 14.6 Å². The van der Waals surface area contributed by atoms with Crippen LogP contribution in [-0.2, 0) is 0 Å². The Morgan fingerprint density at radius 1 is 1.28 bits per heavy atom. The Balaban J connectivity index is 1.83. The summed E-state index contributed by atoms with van der Waals surface area (Å²) >= 11 is 6.22. The third-order valence-electron chi connectivity index (χ3n) is 5.25. The van der Waals surface area contributed by atoms with Crippen LogP contribution in [0.3, 0.4) is 0 Å². The van der Waals surface area contributed by atoms with Crippen molar-refractivity contribution >= 4 is 28.5 Å². The lowest BCUT2D eigenvalue weighted by Gasteiger charge is -2.33. The monoisotopic (exact) mass is 362 g/mol. The second-order valence-corrected chi connectivity index (χ2v) is 7.95. The molecule has 0 bridgehead atoms. The predicted octanol–water partition coefficient (Wildman–Crippen LogP) is 4.55. The first-order chi connectivity index (χ1) is 11.9. The molecule has 1 aliphatic carbocycles. The van der Waals surface area contributed by atoms with Gasteiger partial charge in [-0.1, -0.05) is 24.4 Å². The maximum absolute atomic E-state index is 12.9. The van der Waals surface area contributed by atoms with Crippen LogP contribution in [0.25, 0.3) is 11.0 Å². The van der Waals surface area contributed by atoms with Crippen molar-refractivity contribution in [2.45, 2.75) is 45.6 Å². The van der Waals surface area contributed by atoms with Crippen LogP contribution < -0.4 is 5.32 Å². The fraction of sp³-hybridized carbons (Fsp3) is 0.550. The minimum absolute atomic E-state index is 0.113. The molecular formula is C20H27ClN2O2. The summed E-state index contributed by atoms with van der Waals surface area (Å²) in [4.78, 5) is 15.1. The van der Waals surface area contributed by atoms with Crippen molar-refractivity contribution in [1.29, 1.82) is 0 Å². The summed E-state index contributed by atoms with van der Waals surface area (Å²) in [6.45, 7) is 4.86. The zero-order valence-corrected chi connectivity index (χ0v) is 16.2. The molecule has 4 nitrogen and oxygen atoms in total. The van der Waals surface area contributed by atoms with E-state index in [-0.39, 0.29) is 11.9 Å². The molecule has 0 radical (unpaired) electrons. The van der Waals surface area contributed by atoms with Gasteiger partial charge in [0.15, 0.2) is 5.76 Å². The molecular weight excluding hydrogens is 336 g/mol. The third kappa shape index (κ3) is 3.85. The Kier molecular flexibility index (Phi) is 5.40. The van der Waals surface area contributed by atoms with E-state index >= 15 is 0 Å². The average molecular weight is 363 g/mol. The molecule has 3 rings (SSSR count). The number of fused-ring (bicyclic) bond motifs is 1. The van der Waals surface area contributed by atoms with Gasteiger partial charge >= 0.3 is 0 Å². The fourth-order valence-corrected chi connectivity index (χ4v) is 4.04. The highest BCUT2D eigenvalue weighted by molar-refractivity contribution is 6.32. The Bertz CT molecular complexity index is 782. The summed E-state index contributed by atoms with van der Waals surface area (Å²) in [6, 6.07) is 4.00. The largest absolute Gasteiger partial charge is 0.451 e. The number of aryl methyl sites for hydroxylation is 2. The molecule has 1 amide bonds. The first kappa shape index (κ1) is 18.3. The van der Waals surface area contributed by atoms with E-state index in [9.17, 15) is 4.79 Å². The van der Waals surface area contributed by atoms with Gasteiger partial charge in [-0.3, -0.25) is 4.79 Å². The summed E-state index contributed by atoms with van der Waals surface area (Å²) < 4.78 is 5.87. The molecule has 5 heteroatoms. The van der Waals surface area contributed by atoms with Crippen LogP contribution in [0, 0.1) is 19.8 Å². The van der Waals surface area contributed by atoms with Crippen LogP contribution >= 0.6 is 11.6 Å². The predicted molar refractivity (Wildman–Crippen MR) is 102 cm³/mol. The van der Waals surface area contributed by atoms with E-state index in [1.165, 1.54) is 12.8 Å². The molecule has 0 saturated heterocycles. The highest BCUT2D eigenvalue weighted by atomic mass is 35.5. The summed E-state index contributed by atoms with van der Waals surface area (Å²) in [5.74, 6) is 0.790. The van der Waals surface area contributed by atoms with Gasteiger partial charge in [-0.2, -0.15) is 0 Å². The van der Waals surface area contributed by atoms with E-state index < -0.39 is 0 Å². The van der Waals surface area contributed by atoms with Crippen molar-refractivity contribution in [1.82, 2.24) is 10.2 Å². The van der Waals surface area contributed by atoms with Crippen molar-refractivity contribution in [3.63, 3.8) is 0 Å². The molecule has 2 aromatic rings. The fourth-order valence-electron chi connectivity index (χ4n) is 3.88. The van der Waals surface area contributed by atoms with Gasteiger partial charge in [0.05, 0.1) is 0 Å². The summed E-state index contributed by atoms with van der Waals surface area (Å²) in [5, 5.41) is 4.84. The zero-order chi connectivity index (χ0) is 18.1. The molecule has 2 unspecified atom stereocenters. The Labute approximate surface area is 154 Å². The number of halogens is 1. The number of hydrogen-bond donors (Lipinski definition) is 1. The van der Waals surface area contributed by atoms with Crippen LogP contribution in [-0.4, -0.2) is 37.5 Å². The van der Waals surface area contributed by atoms with Crippen LogP contribution in [0.1, 0.15) is 47.4 Å². The van der Waals surface area contributed by atoms with E-state index in [1.807, 2.05) is 26.0 Å². The Morgan fingerprint density at radius 3 is 2.72 bits per heavy atom. The summed E-state index contributed by atoms with van der Waals surface area (Å²) in [5.41, 5.74) is 2.53. The number of hydrogen-bond acceptors (Lipinski definition) is 3. The van der Waals surface area contributed by atoms with Crippen LogP contribution in [0.4, 0.5) is 0 Å². The second-order valence-electron chi connectivity index (χ2n) is 7.54. The van der Waals surface area contributed by atoms with Crippen molar-refractivity contribution in [2.24, 2.45) is 5.92 Å². The lowest BCUT2D eigenvalue weighted by molar-refractivity contribution is 0.0868. The average Bonchev–Trinajstić information content (AvgIpc) is 2.86. The minimum atomic E-state index is -0.113. The number of rotatable bonds is 4. The zero-order valence-electron chi connectivity index (χ0n) is 15.5. The summed E-state index contributed by atoms with van der Waals surface area (Å²) in [7, 11) is 4.17. The molecule has 1 heterocycles. The number of nitrogens with one attached hydrogen (secondary N) is 1. The standard InChI is InChI=1S/C20H27ClN2O2/c1-12-9-18-15(10-16(12)21)13(2)19(25-18)20(24)22-17-8-6-5-7-14(17)11-23(3)4/h9-10,14,17H,5-8,11H2,1-4H3,(H,22,24). The van der Waals surface area contributed by atoms with Crippen molar-refractivity contribution in [3.8, 4) is 0 Å². The molecule has 136 valence electrons. The van der Waals surface area contributed by atoms with Gasteiger partial charge in [0.1, 0.15) is 5.58 Å². The highest BCUT2D eigenvalue weighted by Crippen LogP contribution is 2.31. The van der Waals surface area contributed by atoms with Crippen molar-refractivity contribution in [2.75, 3.05) is 20.6 Å². The number of carbonyl (C=O) groups is 1. The van der Waals surface area contributed by atoms with E-state index in [2.05, 4.69) is 24.3 Å². The van der Waals surface area contributed by atoms with Gasteiger partial charge in [0, 0.05) is 28.6 Å². The molecule has 25 heavy (non-hydrogen) atoms. The van der Waals surface area contributed by atoms with Gasteiger partial charge in [-0.25, -0.2) is 0 Å². The highest BCUT2D eigenvalue weighted by Gasteiger charge is 2.29. The number of carbonyl (C=O) groups excluding carboxylic acids is 1. The van der Waals surface area contributed by atoms with Gasteiger partial charge in [0.25, 0.3) is 5.91 Å². The lowest BCUT2D eigenvalue weighted by atomic mass is 9.84. The van der Waals surface area contributed by atoms with E-state index in [1.54, 1.807) is 0 Å². The van der Waals surface area contributed by atoms with E-state index in [0.29, 0.717) is 16.7 Å². The molecule has 1 aromatic carbocycles. The first-order valence-corrected chi connectivity index (χ1v) is 9.39. The molecule has 1 aromatic heterocycles. The van der Waals surface area contributed by atoms with Crippen LogP contribution in [0.15, 0.2) is 16.5 Å². The van der Waals surface area contributed by atoms with Gasteiger partial charge in [-0.15, -0.1) is 0 Å². The molecule has 0 spiro atoms. The Hall–Kier alpha value is -1.52. The van der Waals surface area contributed by atoms with Crippen molar-refractivity contribution < 1.29 is 9.21 Å². The normalized spacial score (nSPS) is 21.0. The SMILES string of the molecule is Cc1cc2oc(C(=O)NC3CCCCC3CN(C)C)c(C)c2cc1Cl. The molecule has 2 atom stereocenters. The maximum Gasteiger partial charge on any atom is 0.287 e. The maximum atomic E-state index is 12.9. The molecule has 0 aliphatic heterocycles. The van der Waals surface area contributed by atoms with Crippen LogP contribution in [0.5, 0.6) is 0 Å². The molecule has 1 N–H and O–H groups in total. The minimum Gasteiger partial charge on any atom is -0.451 e. The molecule has 1 aliphatic rings. The Morgan fingerprint density at radius 2 is 2.00 bits per heavy atom. The molecule has 1 fully saturated rings. The van der Waals surface area contributed by atoms with E-state index in [0.717, 1.165) is 41.5 Å². The van der Waals surface area contributed by atoms with E-state index in [4.69, 9.17) is 16.0 Å². The number of benzene rings is 1. The summed E-state index contributed by atoms with van der Waals surface area (Å²) in [6.07, 6.45) is 4.61. The van der Waals surface area contributed by atoms with Crippen molar-refractivity contribution in [3.05, 3.63) is 34.0 Å². The van der Waals surface area contributed by atoms with Gasteiger partial charge in [-0.05, 0) is 64.4 Å². The molecule has 1 saturated carbocycles. The number of amides is 1. The second kappa shape index (κ2) is 7.38. The lowest BCUT2D eigenvalue weighted by Crippen LogP contribution is -2.45. The van der Waals surface area contributed by atoms with Crippen LogP contribution in [0.2, 0.25) is 5.02 Å². The van der Waals surface area contributed by atoms with Gasteiger partial charge in [0.2, 0.25) is 0 Å². The third-order valence-corrected chi connectivity index (χ3v) is 5.66. The number of nitrogens with zero attached hydrogens (tertiary/aromatic N) is 1. The first-order valence-electron chi connectivity index (χ1n) is 9.01. The quantitative estimate of drug-likeness (QED) is 0.867.